The molecular formula is C22H27ClN2O3S. The van der Waals surface area contributed by atoms with Crippen LogP contribution in [0.2, 0.25) is 5.02 Å². The van der Waals surface area contributed by atoms with Gasteiger partial charge in [0.15, 0.2) is 0 Å². The maximum absolute atomic E-state index is 13.3. The molecule has 7 heteroatoms. The molecule has 1 amide bonds. The number of rotatable bonds is 4. The highest BCUT2D eigenvalue weighted by Crippen LogP contribution is 2.30. The van der Waals surface area contributed by atoms with Gasteiger partial charge in [-0.2, -0.15) is 4.31 Å². The van der Waals surface area contributed by atoms with E-state index in [-0.39, 0.29) is 12.5 Å². The number of halogens is 1. The Hall–Kier alpha value is -1.89. The molecule has 29 heavy (non-hydrogen) atoms. The molecule has 1 aliphatic rings. The molecule has 0 aromatic heterocycles. The van der Waals surface area contributed by atoms with Gasteiger partial charge in [-0.25, -0.2) is 8.42 Å². The van der Waals surface area contributed by atoms with Crippen LogP contribution in [0, 0.1) is 33.6 Å². The van der Waals surface area contributed by atoms with Crippen LogP contribution in [0.25, 0.3) is 0 Å². The second-order valence-corrected chi connectivity index (χ2v) is 10.2. The lowest BCUT2D eigenvalue weighted by Crippen LogP contribution is -2.44. The summed E-state index contributed by atoms with van der Waals surface area (Å²) >= 11 is 6.04. The van der Waals surface area contributed by atoms with E-state index in [1.54, 1.807) is 12.1 Å². The van der Waals surface area contributed by atoms with Gasteiger partial charge in [0, 0.05) is 23.8 Å². The van der Waals surface area contributed by atoms with Crippen molar-refractivity contribution in [1.82, 2.24) is 4.31 Å². The van der Waals surface area contributed by atoms with Crippen LogP contribution < -0.4 is 5.32 Å². The molecule has 1 saturated heterocycles. The summed E-state index contributed by atoms with van der Waals surface area (Å²) in [4.78, 5) is 13.2. The first kappa shape index (κ1) is 21.8. The molecule has 156 valence electrons. The van der Waals surface area contributed by atoms with E-state index in [4.69, 9.17) is 11.6 Å². The molecule has 2 aromatic rings. The van der Waals surface area contributed by atoms with Crippen LogP contribution in [0.1, 0.15) is 35.1 Å². The molecule has 0 unspecified atom stereocenters. The minimum Gasteiger partial charge on any atom is -0.326 e. The zero-order valence-corrected chi connectivity index (χ0v) is 18.8. The summed E-state index contributed by atoms with van der Waals surface area (Å²) in [5, 5.41) is 3.46. The van der Waals surface area contributed by atoms with Gasteiger partial charge in [0.05, 0.1) is 10.8 Å². The van der Waals surface area contributed by atoms with Crippen LogP contribution in [0.4, 0.5) is 5.69 Å². The molecular weight excluding hydrogens is 408 g/mol. The van der Waals surface area contributed by atoms with Crippen molar-refractivity contribution in [3.05, 3.63) is 57.6 Å². The third-order valence-electron chi connectivity index (χ3n) is 5.41. The average Bonchev–Trinajstić information content (AvgIpc) is 2.63. The van der Waals surface area contributed by atoms with Gasteiger partial charge < -0.3 is 5.32 Å². The number of anilines is 1. The number of nitrogens with zero attached hydrogens (tertiary/aromatic N) is 1. The minimum absolute atomic E-state index is 0.174. The molecule has 0 saturated carbocycles. The van der Waals surface area contributed by atoms with Crippen LogP contribution in [0.3, 0.4) is 0 Å². The standard InChI is InChI=1S/C22H27ClN2O3S/c1-14-10-16(3)21(17(4)11-14)29(27,28)25-9-5-6-18(13-25)22(26)24-20-12-19(23)8-7-15(20)2/h7-8,10-12,18H,5-6,9,13H2,1-4H3,(H,24,26)/t18-/m0/s1. The largest absolute Gasteiger partial charge is 0.326 e. The zero-order valence-electron chi connectivity index (χ0n) is 17.3. The maximum Gasteiger partial charge on any atom is 0.243 e. The van der Waals surface area contributed by atoms with Crippen LogP contribution in [-0.4, -0.2) is 31.7 Å². The maximum atomic E-state index is 13.3. The Kier molecular flexibility index (Phi) is 6.36. The number of nitrogens with one attached hydrogen (secondary N) is 1. The molecule has 1 heterocycles. The first-order valence-electron chi connectivity index (χ1n) is 9.74. The number of carbonyl (C=O) groups is 1. The average molecular weight is 435 g/mol. The van der Waals surface area contributed by atoms with Crippen molar-refractivity contribution >= 4 is 33.2 Å². The van der Waals surface area contributed by atoms with Gasteiger partial charge in [0.2, 0.25) is 15.9 Å². The summed E-state index contributed by atoms with van der Waals surface area (Å²) in [5.41, 5.74) is 4.08. The van der Waals surface area contributed by atoms with Gasteiger partial charge in [-0.3, -0.25) is 4.79 Å². The highest BCUT2D eigenvalue weighted by molar-refractivity contribution is 7.89. The fraction of sp³-hybridized carbons (Fsp3) is 0.409. The molecule has 1 aliphatic heterocycles. The Morgan fingerprint density at radius 2 is 1.72 bits per heavy atom. The van der Waals surface area contributed by atoms with Gasteiger partial charge in [0.1, 0.15) is 0 Å². The second-order valence-electron chi connectivity index (χ2n) is 7.88. The highest BCUT2D eigenvalue weighted by atomic mass is 35.5. The number of piperidine rings is 1. The van der Waals surface area contributed by atoms with Crippen LogP contribution in [0.5, 0.6) is 0 Å². The molecule has 0 spiro atoms. The van der Waals surface area contributed by atoms with E-state index in [1.807, 2.05) is 45.9 Å². The van der Waals surface area contributed by atoms with Gasteiger partial charge >= 0.3 is 0 Å². The molecule has 1 fully saturated rings. The quantitative estimate of drug-likeness (QED) is 0.763. The number of aryl methyl sites for hydroxylation is 4. The molecule has 1 N–H and O–H groups in total. The fourth-order valence-corrected chi connectivity index (χ4v) is 6.15. The monoisotopic (exact) mass is 434 g/mol. The third kappa shape index (κ3) is 4.65. The molecule has 2 aromatic carbocycles. The van der Waals surface area contributed by atoms with E-state index in [2.05, 4.69) is 5.32 Å². The smallest absolute Gasteiger partial charge is 0.243 e. The zero-order chi connectivity index (χ0) is 21.3. The summed E-state index contributed by atoms with van der Waals surface area (Å²) in [5.74, 6) is -0.574. The minimum atomic E-state index is -3.66. The molecule has 0 aliphatic carbocycles. The Bertz CT molecular complexity index is 1030. The lowest BCUT2D eigenvalue weighted by Gasteiger charge is -2.32. The van der Waals surface area contributed by atoms with Crippen LogP contribution >= 0.6 is 11.6 Å². The van der Waals surface area contributed by atoms with Crippen molar-refractivity contribution in [3.8, 4) is 0 Å². The number of hydrogen-bond acceptors (Lipinski definition) is 3. The Labute approximate surface area is 178 Å². The number of benzene rings is 2. The normalized spacial score (nSPS) is 17.9. The summed E-state index contributed by atoms with van der Waals surface area (Å²) in [6.07, 6.45) is 1.30. The Morgan fingerprint density at radius 3 is 2.38 bits per heavy atom. The van der Waals surface area contributed by atoms with Crippen molar-refractivity contribution < 1.29 is 13.2 Å². The van der Waals surface area contributed by atoms with Crippen LogP contribution in [-0.2, 0) is 14.8 Å². The van der Waals surface area contributed by atoms with Crippen molar-refractivity contribution in [2.75, 3.05) is 18.4 Å². The Morgan fingerprint density at radius 1 is 1.07 bits per heavy atom. The fourth-order valence-electron chi connectivity index (χ4n) is 4.04. The molecule has 1 atom stereocenters. The van der Waals surface area contributed by atoms with Gasteiger partial charge in [0.25, 0.3) is 0 Å². The van der Waals surface area contributed by atoms with Crippen molar-refractivity contribution in [2.24, 2.45) is 5.92 Å². The lowest BCUT2D eigenvalue weighted by atomic mass is 9.98. The predicted octanol–water partition coefficient (Wildman–Crippen LogP) is 4.61. The molecule has 5 nitrogen and oxygen atoms in total. The van der Waals surface area contributed by atoms with Crippen molar-refractivity contribution in [2.45, 2.75) is 45.4 Å². The van der Waals surface area contributed by atoms with E-state index in [9.17, 15) is 13.2 Å². The summed E-state index contributed by atoms with van der Waals surface area (Å²) in [6, 6.07) is 9.10. The number of sulfonamides is 1. The highest BCUT2D eigenvalue weighted by Gasteiger charge is 2.35. The molecule has 0 bridgehead atoms. The SMILES string of the molecule is Cc1cc(C)c(S(=O)(=O)N2CCC[C@H](C(=O)Nc3cc(Cl)ccc3C)C2)c(C)c1. The first-order chi connectivity index (χ1) is 13.6. The topological polar surface area (TPSA) is 66.5 Å². The van der Waals surface area contributed by atoms with Crippen molar-refractivity contribution in [3.63, 3.8) is 0 Å². The molecule has 0 radical (unpaired) electrons. The van der Waals surface area contributed by atoms with E-state index in [0.29, 0.717) is 35.0 Å². The van der Waals surface area contributed by atoms with Crippen LogP contribution in [0.15, 0.2) is 35.2 Å². The molecule has 3 rings (SSSR count). The van der Waals surface area contributed by atoms with Gasteiger partial charge in [-0.1, -0.05) is 35.4 Å². The number of amides is 1. The van der Waals surface area contributed by atoms with Gasteiger partial charge in [-0.15, -0.1) is 0 Å². The van der Waals surface area contributed by atoms with E-state index in [0.717, 1.165) is 22.3 Å². The summed E-state index contributed by atoms with van der Waals surface area (Å²) in [6.45, 7) is 8.10. The number of hydrogen-bond donors (Lipinski definition) is 1. The Balaban J connectivity index is 1.81. The van der Waals surface area contributed by atoms with E-state index < -0.39 is 15.9 Å². The van der Waals surface area contributed by atoms with Gasteiger partial charge in [-0.05, 0) is 69.4 Å². The predicted molar refractivity (Wildman–Crippen MR) is 117 cm³/mol. The summed E-state index contributed by atoms with van der Waals surface area (Å²) < 4.78 is 28.1. The lowest BCUT2D eigenvalue weighted by molar-refractivity contribution is -0.120. The number of carbonyl (C=O) groups excluding carboxylic acids is 1. The first-order valence-corrected chi connectivity index (χ1v) is 11.6. The third-order valence-corrected chi connectivity index (χ3v) is 7.82. The second kappa shape index (κ2) is 8.46. The van der Waals surface area contributed by atoms with E-state index in [1.165, 1.54) is 4.31 Å². The summed E-state index contributed by atoms with van der Waals surface area (Å²) in [7, 11) is -3.66. The van der Waals surface area contributed by atoms with Crippen molar-refractivity contribution in [1.29, 1.82) is 0 Å². The van der Waals surface area contributed by atoms with E-state index >= 15 is 0 Å².